The minimum absolute atomic E-state index is 0.00125. The largest absolute Gasteiger partial charge is 0.507 e. The molecule has 0 aliphatic carbocycles. The Morgan fingerprint density at radius 1 is 1.07 bits per heavy atom. The molecule has 0 aliphatic heterocycles. The molecule has 0 atom stereocenters. The number of benzene rings is 1. The van der Waals surface area contributed by atoms with E-state index >= 15 is 0 Å². The van der Waals surface area contributed by atoms with Crippen molar-refractivity contribution in [2.45, 2.75) is 0 Å². The molecule has 0 radical (unpaired) electrons. The number of aliphatic imine (C=N–C) groups is 2. The summed E-state index contributed by atoms with van der Waals surface area (Å²) in [7, 11) is 3.18. The van der Waals surface area contributed by atoms with E-state index in [4.69, 9.17) is 0 Å². The lowest BCUT2D eigenvalue weighted by molar-refractivity contribution is 0.448. The fourth-order valence-corrected chi connectivity index (χ4v) is 1.11. The van der Waals surface area contributed by atoms with E-state index in [0.717, 1.165) is 0 Å². The number of phenolic OH excluding ortho intramolecular Hbond substituents is 2. The second kappa shape index (κ2) is 4.41. The van der Waals surface area contributed by atoms with Crippen LogP contribution in [-0.4, -0.2) is 36.7 Å². The molecule has 1 aromatic rings. The SMILES string of the molecule is CN=Cc1ccc(O)c(C=NC)c1O. The van der Waals surface area contributed by atoms with Crippen molar-refractivity contribution < 1.29 is 10.2 Å². The van der Waals surface area contributed by atoms with E-state index in [0.29, 0.717) is 11.1 Å². The van der Waals surface area contributed by atoms with Crippen LogP contribution in [0.5, 0.6) is 11.5 Å². The van der Waals surface area contributed by atoms with Crippen LogP contribution < -0.4 is 0 Å². The molecule has 0 bridgehead atoms. The zero-order valence-corrected chi connectivity index (χ0v) is 8.10. The second-order valence-electron chi connectivity index (χ2n) is 2.71. The smallest absolute Gasteiger partial charge is 0.136 e. The van der Waals surface area contributed by atoms with Crippen molar-refractivity contribution in [3.05, 3.63) is 23.3 Å². The van der Waals surface area contributed by atoms with Crippen molar-refractivity contribution in [1.29, 1.82) is 0 Å². The molecule has 0 unspecified atom stereocenters. The summed E-state index contributed by atoms with van der Waals surface area (Å²) >= 11 is 0. The van der Waals surface area contributed by atoms with Gasteiger partial charge in [-0.3, -0.25) is 9.98 Å². The van der Waals surface area contributed by atoms with Crippen LogP contribution in [-0.2, 0) is 0 Å². The molecule has 14 heavy (non-hydrogen) atoms. The Balaban J connectivity index is 3.33. The predicted molar refractivity (Wildman–Crippen MR) is 56.8 cm³/mol. The van der Waals surface area contributed by atoms with Gasteiger partial charge in [0, 0.05) is 32.1 Å². The summed E-state index contributed by atoms with van der Waals surface area (Å²) in [5, 5.41) is 19.1. The molecule has 4 nitrogen and oxygen atoms in total. The van der Waals surface area contributed by atoms with Crippen molar-refractivity contribution in [1.82, 2.24) is 0 Å². The summed E-state index contributed by atoms with van der Waals surface area (Å²) in [5.41, 5.74) is 0.866. The van der Waals surface area contributed by atoms with Gasteiger partial charge < -0.3 is 10.2 Å². The van der Waals surface area contributed by atoms with E-state index in [-0.39, 0.29) is 11.5 Å². The number of hydrogen-bond donors (Lipinski definition) is 2. The third-order valence-corrected chi connectivity index (χ3v) is 1.75. The molecule has 0 spiro atoms. The third-order valence-electron chi connectivity index (χ3n) is 1.75. The van der Waals surface area contributed by atoms with Gasteiger partial charge in [-0.1, -0.05) is 0 Å². The second-order valence-corrected chi connectivity index (χ2v) is 2.71. The number of rotatable bonds is 2. The van der Waals surface area contributed by atoms with Gasteiger partial charge in [0.05, 0.1) is 5.56 Å². The minimum Gasteiger partial charge on any atom is -0.507 e. The van der Waals surface area contributed by atoms with Crippen molar-refractivity contribution in [2.75, 3.05) is 14.1 Å². The summed E-state index contributed by atoms with van der Waals surface area (Å²) < 4.78 is 0. The zero-order valence-electron chi connectivity index (χ0n) is 8.10. The number of aromatic hydroxyl groups is 2. The standard InChI is InChI=1S/C10H12N2O2/c1-11-5-7-3-4-9(13)8(6-12-2)10(7)14/h3-6,13-14H,1-2H3. The Hall–Kier alpha value is -1.84. The molecule has 0 aromatic heterocycles. The maximum absolute atomic E-state index is 9.69. The van der Waals surface area contributed by atoms with Crippen LogP contribution in [0.15, 0.2) is 22.1 Å². The highest BCUT2D eigenvalue weighted by atomic mass is 16.3. The molecule has 0 saturated carbocycles. The molecule has 0 amide bonds. The molecule has 0 aliphatic rings. The van der Waals surface area contributed by atoms with Crippen LogP contribution in [0.3, 0.4) is 0 Å². The monoisotopic (exact) mass is 192 g/mol. The Labute approximate surface area is 82.3 Å². The fraction of sp³-hybridized carbons (Fsp3) is 0.200. The number of phenols is 2. The molecule has 74 valence electrons. The molecule has 1 rings (SSSR count). The van der Waals surface area contributed by atoms with Crippen molar-refractivity contribution in [2.24, 2.45) is 9.98 Å². The molecule has 0 saturated heterocycles. The first-order chi connectivity index (χ1) is 6.70. The summed E-state index contributed by atoms with van der Waals surface area (Å²) in [4.78, 5) is 7.53. The maximum atomic E-state index is 9.69. The highest BCUT2D eigenvalue weighted by Crippen LogP contribution is 2.27. The fourth-order valence-electron chi connectivity index (χ4n) is 1.11. The van der Waals surface area contributed by atoms with Gasteiger partial charge in [0.25, 0.3) is 0 Å². The van der Waals surface area contributed by atoms with Gasteiger partial charge in [0.2, 0.25) is 0 Å². The Morgan fingerprint density at radius 3 is 2.29 bits per heavy atom. The van der Waals surface area contributed by atoms with E-state index in [1.54, 1.807) is 20.2 Å². The molecular formula is C10H12N2O2. The zero-order chi connectivity index (χ0) is 10.6. The third kappa shape index (κ3) is 1.90. The van der Waals surface area contributed by atoms with Gasteiger partial charge in [-0.25, -0.2) is 0 Å². The van der Waals surface area contributed by atoms with Crippen LogP contribution in [0, 0.1) is 0 Å². The maximum Gasteiger partial charge on any atom is 0.136 e. The molecular weight excluding hydrogens is 180 g/mol. The van der Waals surface area contributed by atoms with Gasteiger partial charge in [-0.15, -0.1) is 0 Å². The highest BCUT2D eigenvalue weighted by Gasteiger charge is 2.08. The molecule has 0 heterocycles. The number of hydrogen-bond acceptors (Lipinski definition) is 4. The minimum atomic E-state index is -0.0128. The van der Waals surface area contributed by atoms with Gasteiger partial charge in [-0.2, -0.15) is 0 Å². The Morgan fingerprint density at radius 2 is 1.71 bits per heavy atom. The lowest BCUT2D eigenvalue weighted by Crippen LogP contribution is -1.90. The van der Waals surface area contributed by atoms with Crippen LogP contribution in [0.2, 0.25) is 0 Å². The first-order valence-electron chi connectivity index (χ1n) is 4.10. The normalized spacial score (nSPS) is 11.6. The summed E-state index contributed by atoms with van der Waals surface area (Å²) in [6.45, 7) is 0. The quantitative estimate of drug-likeness (QED) is 0.691. The van der Waals surface area contributed by atoms with Crippen LogP contribution in [0.25, 0.3) is 0 Å². The van der Waals surface area contributed by atoms with Gasteiger partial charge in [0.1, 0.15) is 11.5 Å². The van der Waals surface area contributed by atoms with E-state index in [9.17, 15) is 10.2 Å². The van der Waals surface area contributed by atoms with Crippen LogP contribution in [0.1, 0.15) is 11.1 Å². The lowest BCUT2D eigenvalue weighted by atomic mass is 10.1. The summed E-state index contributed by atoms with van der Waals surface area (Å²) in [6, 6.07) is 3.08. The van der Waals surface area contributed by atoms with Crippen molar-refractivity contribution in [3.63, 3.8) is 0 Å². The molecule has 1 aromatic carbocycles. The summed E-state index contributed by atoms with van der Waals surface area (Å²) in [6.07, 6.45) is 2.92. The first-order valence-corrected chi connectivity index (χ1v) is 4.10. The summed E-state index contributed by atoms with van der Waals surface area (Å²) in [5.74, 6) is -0.0115. The molecule has 2 N–H and O–H groups in total. The van der Waals surface area contributed by atoms with E-state index in [1.807, 2.05) is 0 Å². The highest BCUT2D eigenvalue weighted by molar-refractivity contribution is 5.94. The van der Waals surface area contributed by atoms with E-state index in [2.05, 4.69) is 9.98 Å². The van der Waals surface area contributed by atoms with Crippen molar-refractivity contribution in [3.8, 4) is 11.5 Å². The van der Waals surface area contributed by atoms with E-state index < -0.39 is 0 Å². The van der Waals surface area contributed by atoms with Gasteiger partial charge >= 0.3 is 0 Å². The number of nitrogens with zero attached hydrogens (tertiary/aromatic N) is 2. The lowest BCUT2D eigenvalue weighted by Gasteiger charge is -2.04. The van der Waals surface area contributed by atoms with Crippen LogP contribution >= 0.6 is 0 Å². The first kappa shape index (κ1) is 10.2. The Bertz CT molecular complexity index is 384. The van der Waals surface area contributed by atoms with Gasteiger partial charge in [-0.05, 0) is 12.1 Å². The predicted octanol–water partition coefficient (Wildman–Crippen LogP) is 1.20. The Kier molecular flexibility index (Phi) is 3.23. The topological polar surface area (TPSA) is 65.2 Å². The van der Waals surface area contributed by atoms with Crippen LogP contribution in [0.4, 0.5) is 0 Å². The average molecular weight is 192 g/mol. The van der Waals surface area contributed by atoms with Gasteiger partial charge in [0.15, 0.2) is 0 Å². The van der Waals surface area contributed by atoms with Crippen molar-refractivity contribution >= 4 is 12.4 Å². The molecule has 0 fully saturated rings. The average Bonchev–Trinajstić information content (AvgIpc) is 2.17. The molecule has 4 heteroatoms. The van der Waals surface area contributed by atoms with E-state index in [1.165, 1.54) is 18.5 Å².